The molecule has 1 aromatic heterocycles. The molecule has 2 rings (SSSR count). The van der Waals surface area contributed by atoms with Crippen LogP contribution < -0.4 is 10.2 Å². The van der Waals surface area contributed by atoms with Gasteiger partial charge in [-0.25, -0.2) is 14.4 Å². The molecule has 1 N–H and O–H groups in total. The van der Waals surface area contributed by atoms with Crippen molar-refractivity contribution in [2.45, 2.75) is 20.3 Å². The molecule has 4 nitrogen and oxygen atoms in total. The molecule has 0 atom stereocenters. The Bertz CT molecular complexity index is 586. The average molecular weight is 274 g/mol. The van der Waals surface area contributed by atoms with Gasteiger partial charge in [0, 0.05) is 24.8 Å². The van der Waals surface area contributed by atoms with Gasteiger partial charge in [-0.15, -0.1) is 0 Å². The number of hydrogen-bond acceptors (Lipinski definition) is 4. The van der Waals surface area contributed by atoms with Gasteiger partial charge in [-0.2, -0.15) is 0 Å². The van der Waals surface area contributed by atoms with Crippen molar-refractivity contribution >= 4 is 17.3 Å². The van der Waals surface area contributed by atoms with Crippen LogP contribution in [-0.2, 0) is 6.42 Å². The van der Waals surface area contributed by atoms with Crippen molar-refractivity contribution in [1.82, 2.24) is 9.97 Å². The van der Waals surface area contributed by atoms with Crippen molar-refractivity contribution in [2.75, 3.05) is 23.8 Å². The van der Waals surface area contributed by atoms with E-state index in [1.165, 1.54) is 18.5 Å². The average Bonchev–Trinajstić information content (AvgIpc) is 2.46. The summed E-state index contributed by atoms with van der Waals surface area (Å²) in [5.74, 6) is 1.38. The van der Waals surface area contributed by atoms with E-state index in [0.717, 1.165) is 35.9 Å². The highest BCUT2D eigenvalue weighted by atomic mass is 19.1. The highest BCUT2D eigenvalue weighted by Crippen LogP contribution is 2.28. The molecule has 1 aromatic carbocycles. The van der Waals surface area contributed by atoms with Crippen molar-refractivity contribution in [1.29, 1.82) is 0 Å². The fourth-order valence-corrected chi connectivity index (χ4v) is 2.14. The number of nitrogens with zero attached hydrogens (tertiary/aromatic N) is 3. The summed E-state index contributed by atoms with van der Waals surface area (Å²) in [5.41, 5.74) is 1.79. The van der Waals surface area contributed by atoms with E-state index >= 15 is 0 Å². The van der Waals surface area contributed by atoms with Gasteiger partial charge in [-0.3, -0.25) is 0 Å². The van der Waals surface area contributed by atoms with Gasteiger partial charge in [-0.05, 0) is 31.5 Å². The molecule has 0 unspecified atom stereocenters. The molecule has 0 aliphatic carbocycles. The molecule has 0 fully saturated rings. The molecule has 0 amide bonds. The Morgan fingerprint density at radius 1 is 1.25 bits per heavy atom. The molecule has 0 bridgehead atoms. The molecule has 5 heteroatoms. The summed E-state index contributed by atoms with van der Waals surface area (Å²) in [7, 11) is 1.88. The smallest absolute Gasteiger partial charge is 0.141 e. The zero-order valence-electron chi connectivity index (χ0n) is 12.0. The van der Waals surface area contributed by atoms with Gasteiger partial charge in [0.25, 0.3) is 0 Å². The van der Waals surface area contributed by atoms with Crippen molar-refractivity contribution in [3.05, 3.63) is 42.0 Å². The number of anilines is 3. The van der Waals surface area contributed by atoms with Crippen LogP contribution in [-0.4, -0.2) is 23.6 Å². The third-order valence-electron chi connectivity index (χ3n) is 3.13. The molecule has 106 valence electrons. The quantitative estimate of drug-likeness (QED) is 0.907. The van der Waals surface area contributed by atoms with Crippen molar-refractivity contribution in [3.8, 4) is 0 Å². The van der Waals surface area contributed by atoms with Gasteiger partial charge in [0.1, 0.15) is 23.8 Å². The summed E-state index contributed by atoms with van der Waals surface area (Å²) < 4.78 is 13.4. The molecule has 0 spiro atoms. The van der Waals surface area contributed by atoms with Crippen LogP contribution in [0.15, 0.2) is 30.6 Å². The first-order chi connectivity index (χ1) is 9.67. The fourth-order valence-electron chi connectivity index (χ4n) is 2.14. The third kappa shape index (κ3) is 2.87. The topological polar surface area (TPSA) is 41.1 Å². The minimum absolute atomic E-state index is 0.256. The van der Waals surface area contributed by atoms with Crippen LogP contribution in [0.1, 0.15) is 19.4 Å². The first kappa shape index (κ1) is 14.2. The van der Waals surface area contributed by atoms with Crippen LogP contribution in [0.4, 0.5) is 21.7 Å². The Morgan fingerprint density at radius 2 is 2.05 bits per heavy atom. The summed E-state index contributed by atoms with van der Waals surface area (Å²) in [6, 6.07) is 6.48. The Labute approximate surface area is 118 Å². The van der Waals surface area contributed by atoms with E-state index in [0.29, 0.717) is 0 Å². The molecule has 0 radical (unpaired) electrons. The molecular weight excluding hydrogens is 255 g/mol. The largest absolute Gasteiger partial charge is 0.370 e. The van der Waals surface area contributed by atoms with Gasteiger partial charge < -0.3 is 10.2 Å². The van der Waals surface area contributed by atoms with E-state index in [-0.39, 0.29) is 5.82 Å². The van der Waals surface area contributed by atoms with Gasteiger partial charge in [-0.1, -0.05) is 13.0 Å². The number of rotatable bonds is 5. The van der Waals surface area contributed by atoms with E-state index in [1.807, 2.05) is 24.9 Å². The van der Waals surface area contributed by atoms with Crippen LogP contribution in [0.25, 0.3) is 0 Å². The van der Waals surface area contributed by atoms with Crippen molar-refractivity contribution in [3.63, 3.8) is 0 Å². The summed E-state index contributed by atoms with van der Waals surface area (Å²) in [5, 5.41) is 3.23. The number of halogens is 1. The van der Waals surface area contributed by atoms with E-state index in [1.54, 1.807) is 6.07 Å². The molecule has 20 heavy (non-hydrogen) atoms. The number of aromatic nitrogens is 2. The van der Waals surface area contributed by atoms with Crippen molar-refractivity contribution in [2.24, 2.45) is 0 Å². The molecular formula is C15H19FN4. The SMILES string of the molecule is CCNc1ncnc(N(C)c2cccc(F)c2)c1CC. The maximum Gasteiger partial charge on any atom is 0.141 e. The fraction of sp³-hybridized carbons (Fsp3) is 0.333. The maximum absolute atomic E-state index is 13.4. The standard InChI is InChI=1S/C15H19FN4/c1-4-13-14(17-5-2)18-10-19-15(13)20(3)12-8-6-7-11(16)9-12/h6-10H,4-5H2,1-3H3,(H,17,18,19). The monoisotopic (exact) mass is 274 g/mol. The van der Waals surface area contributed by atoms with Gasteiger partial charge >= 0.3 is 0 Å². The Morgan fingerprint density at radius 3 is 2.70 bits per heavy atom. The number of hydrogen-bond donors (Lipinski definition) is 1. The lowest BCUT2D eigenvalue weighted by Gasteiger charge is -2.22. The molecule has 0 saturated carbocycles. The second kappa shape index (κ2) is 6.32. The van der Waals surface area contributed by atoms with Gasteiger partial charge in [0.05, 0.1) is 0 Å². The number of nitrogens with one attached hydrogen (secondary N) is 1. The predicted molar refractivity (Wildman–Crippen MR) is 80.0 cm³/mol. The van der Waals surface area contributed by atoms with E-state index in [4.69, 9.17) is 0 Å². The second-order valence-electron chi connectivity index (χ2n) is 4.45. The molecule has 0 aliphatic rings. The zero-order chi connectivity index (χ0) is 14.5. The third-order valence-corrected chi connectivity index (χ3v) is 3.13. The van der Waals surface area contributed by atoms with Crippen LogP contribution in [0, 0.1) is 5.82 Å². The minimum atomic E-state index is -0.256. The Kier molecular flexibility index (Phi) is 4.50. The Balaban J connectivity index is 2.43. The first-order valence-electron chi connectivity index (χ1n) is 6.74. The normalized spacial score (nSPS) is 10.4. The second-order valence-corrected chi connectivity index (χ2v) is 4.45. The Hall–Kier alpha value is -2.17. The minimum Gasteiger partial charge on any atom is -0.370 e. The van der Waals surface area contributed by atoms with E-state index in [9.17, 15) is 4.39 Å². The maximum atomic E-state index is 13.4. The van der Waals surface area contributed by atoms with Gasteiger partial charge in [0.2, 0.25) is 0 Å². The van der Waals surface area contributed by atoms with Crippen LogP contribution >= 0.6 is 0 Å². The van der Waals surface area contributed by atoms with E-state index in [2.05, 4.69) is 22.2 Å². The molecule has 0 aliphatic heterocycles. The predicted octanol–water partition coefficient (Wildman–Crippen LogP) is 3.38. The number of benzene rings is 1. The lowest BCUT2D eigenvalue weighted by atomic mass is 10.2. The highest BCUT2D eigenvalue weighted by molar-refractivity contribution is 5.66. The van der Waals surface area contributed by atoms with Crippen molar-refractivity contribution < 1.29 is 4.39 Å². The summed E-state index contributed by atoms with van der Waals surface area (Å²) in [6.45, 7) is 4.88. The van der Waals surface area contributed by atoms with Crippen LogP contribution in [0.2, 0.25) is 0 Å². The lowest BCUT2D eigenvalue weighted by Crippen LogP contribution is -2.16. The first-order valence-corrected chi connectivity index (χ1v) is 6.74. The zero-order valence-corrected chi connectivity index (χ0v) is 12.0. The summed E-state index contributed by atoms with van der Waals surface area (Å²) >= 11 is 0. The summed E-state index contributed by atoms with van der Waals surface area (Å²) in [6.07, 6.45) is 2.33. The van der Waals surface area contributed by atoms with Crippen LogP contribution in [0.5, 0.6) is 0 Å². The summed E-state index contributed by atoms with van der Waals surface area (Å²) in [4.78, 5) is 10.5. The molecule has 1 heterocycles. The van der Waals surface area contributed by atoms with Crippen LogP contribution in [0.3, 0.4) is 0 Å². The van der Waals surface area contributed by atoms with E-state index < -0.39 is 0 Å². The molecule has 0 saturated heterocycles. The highest BCUT2D eigenvalue weighted by Gasteiger charge is 2.14. The molecule has 2 aromatic rings. The van der Waals surface area contributed by atoms with Gasteiger partial charge in [0.15, 0.2) is 0 Å². The lowest BCUT2D eigenvalue weighted by molar-refractivity contribution is 0.628.